The van der Waals surface area contributed by atoms with Gasteiger partial charge in [-0.25, -0.2) is 5.48 Å². The molecule has 0 saturated carbocycles. The number of Topliss-reactive ketones (excluding diaryl/α,β-unsaturated/α-hetero) is 1. The molecule has 128 valence electrons. The Hall–Kier alpha value is -3.25. The Labute approximate surface area is 145 Å². The molecule has 0 aliphatic rings. The van der Waals surface area contributed by atoms with E-state index in [-0.39, 0.29) is 18.1 Å². The smallest absolute Gasteiger partial charge is 0.267 e. The van der Waals surface area contributed by atoms with Crippen LogP contribution in [-0.2, 0) is 4.79 Å². The van der Waals surface area contributed by atoms with Crippen molar-refractivity contribution in [2.45, 2.75) is 6.92 Å². The number of carbonyl (C=O) groups excluding carboxylic acids is 2. The second kappa shape index (κ2) is 8.56. The average Bonchev–Trinajstić information content (AvgIpc) is 2.62. The van der Waals surface area contributed by atoms with Gasteiger partial charge in [0.2, 0.25) is 0 Å². The Morgan fingerprint density at radius 3 is 2.56 bits per heavy atom. The SMILES string of the molecule is Cc1ccc(O)c(C=NCC(=O)c2ccc(/C=C/C(=O)NO)cc2)c1. The zero-order valence-corrected chi connectivity index (χ0v) is 13.6. The number of aromatic hydroxyl groups is 1. The first-order valence-corrected chi connectivity index (χ1v) is 7.54. The number of phenolic OH excluding ortho intramolecular Hbond substituents is 1. The van der Waals surface area contributed by atoms with E-state index in [2.05, 4.69) is 4.99 Å². The quantitative estimate of drug-likeness (QED) is 0.248. The van der Waals surface area contributed by atoms with Gasteiger partial charge in [0.25, 0.3) is 5.91 Å². The van der Waals surface area contributed by atoms with Crippen LogP contribution in [0.2, 0.25) is 0 Å². The maximum absolute atomic E-state index is 12.1. The molecule has 6 nitrogen and oxygen atoms in total. The molecule has 0 radical (unpaired) electrons. The molecule has 0 bridgehead atoms. The number of hydrogen-bond acceptors (Lipinski definition) is 5. The summed E-state index contributed by atoms with van der Waals surface area (Å²) in [6, 6.07) is 11.8. The van der Waals surface area contributed by atoms with Crippen LogP contribution in [-0.4, -0.2) is 34.8 Å². The lowest BCUT2D eigenvalue weighted by atomic mass is 10.1. The van der Waals surface area contributed by atoms with Crippen molar-refractivity contribution < 1.29 is 19.9 Å². The number of hydroxylamine groups is 1. The van der Waals surface area contributed by atoms with Crippen molar-refractivity contribution in [2.75, 3.05) is 6.54 Å². The molecule has 2 rings (SSSR count). The Bertz CT molecular complexity index is 824. The third-order valence-corrected chi connectivity index (χ3v) is 3.42. The highest BCUT2D eigenvalue weighted by atomic mass is 16.5. The summed E-state index contributed by atoms with van der Waals surface area (Å²) in [5.41, 5.74) is 4.26. The van der Waals surface area contributed by atoms with Crippen LogP contribution in [0.3, 0.4) is 0 Å². The van der Waals surface area contributed by atoms with Crippen LogP contribution in [0.5, 0.6) is 5.75 Å². The molecule has 0 saturated heterocycles. The fourth-order valence-electron chi connectivity index (χ4n) is 2.08. The standard InChI is InChI=1S/C19H18N2O4/c1-13-2-8-17(22)16(10-13)11-20-12-18(23)15-6-3-14(4-7-15)5-9-19(24)21-25/h2-11,22,25H,12H2,1H3,(H,21,24)/b9-5+,20-11?. The highest BCUT2D eigenvalue weighted by Gasteiger charge is 2.04. The summed E-state index contributed by atoms with van der Waals surface area (Å²) in [7, 11) is 0. The summed E-state index contributed by atoms with van der Waals surface area (Å²) in [6.45, 7) is 1.87. The van der Waals surface area contributed by atoms with Crippen LogP contribution in [0.15, 0.2) is 53.5 Å². The number of ketones is 1. The van der Waals surface area contributed by atoms with Gasteiger partial charge in [0, 0.05) is 23.4 Å². The van der Waals surface area contributed by atoms with E-state index >= 15 is 0 Å². The lowest BCUT2D eigenvalue weighted by Gasteiger charge is -2.01. The van der Waals surface area contributed by atoms with Crippen LogP contribution >= 0.6 is 0 Å². The van der Waals surface area contributed by atoms with Gasteiger partial charge < -0.3 is 5.11 Å². The molecular formula is C19H18N2O4. The summed E-state index contributed by atoms with van der Waals surface area (Å²) in [6.07, 6.45) is 4.17. The van der Waals surface area contributed by atoms with Crippen molar-refractivity contribution in [3.8, 4) is 5.75 Å². The molecule has 0 atom stereocenters. The van der Waals surface area contributed by atoms with Crippen LogP contribution < -0.4 is 5.48 Å². The Balaban J connectivity index is 1.99. The zero-order valence-electron chi connectivity index (χ0n) is 13.6. The van der Waals surface area contributed by atoms with Crippen molar-refractivity contribution in [2.24, 2.45) is 4.99 Å². The van der Waals surface area contributed by atoms with Gasteiger partial charge in [0.1, 0.15) is 12.3 Å². The molecule has 2 aromatic carbocycles. The Morgan fingerprint density at radius 1 is 1.16 bits per heavy atom. The first-order valence-electron chi connectivity index (χ1n) is 7.54. The van der Waals surface area contributed by atoms with Gasteiger partial charge in [0.15, 0.2) is 5.78 Å². The third-order valence-electron chi connectivity index (χ3n) is 3.42. The van der Waals surface area contributed by atoms with Crippen molar-refractivity contribution in [3.63, 3.8) is 0 Å². The first-order chi connectivity index (χ1) is 12.0. The molecule has 0 aliphatic heterocycles. The molecule has 1 amide bonds. The van der Waals surface area contributed by atoms with Gasteiger partial charge in [-0.1, -0.05) is 35.9 Å². The zero-order chi connectivity index (χ0) is 18.2. The molecule has 0 heterocycles. The second-order valence-corrected chi connectivity index (χ2v) is 5.39. The van der Waals surface area contributed by atoms with E-state index in [1.807, 2.05) is 6.92 Å². The highest BCUT2D eigenvalue weighted by molar-refractivity contribution is 5.99. The van der Waals surface area contributed by atoms with E-state index in [4.69, 9.17) is 5.21 Å². The van der Waals surface area contributed by atoms with Crippen molar-refractivity contribution in [1.82, 2.24) is 5.48 Å². The number of aliphatic imine (C=N–C) groups is 1. The fraction of sp³-hybridized carbons (Fsp3) is 0.105. The van der Waals surface area contributed by atoms with Gasteiger partial charge in [0.05, 0.1) is 0 Å². The summed E-state index contributed by atoms with van der Waals surface area (Å²) >= 11 is 0. The lowest BCUT2D eigenvalue weighted by Crippen LogP contribution is -2.14. The average molecular weight is 338 g/mol. The fourth-order valence-corrected chi connectivity index (χ4v) is 2.08. The Kier molecular flexibility index (Phi) is 6.20. The normalized spacial score (nSPS) is 11.1. The minimum Gasteiger partial charge on any atom is -0.507 e. The van der Waals surface area contributed by atoms with Crippen LogP contribution in [0.1, 0.15) is 27.0 Å². The minimum atomic E-state index is -0.631. The summed E-state index contributed by atoms with van der Waals surface area (Å²) < 4.78 is 0. The van der Waals surface area contributed by atoms with E-state index in [0.29, 0.717) is 16.7 Å². The minimum absolute atomic E-state index is 0.0323. The predicted octanol–water partition coefficient (Wildman–Crippen LogP) is 2.52. The van der Waals surface area contributed by atoms with Gasteiger partial charge in [-0.05, 0) is 30.7 Å². The highest BCUT2D eigenvalue weighted by Crippen LogP contribution is 2.16. The van der Waals surface area contributed by atoms with E-state index in [0.717, 1.165) is 5.56 Å². The maximum atomic E-state index is 12.1. The lowest BCUT2D eigenvalue weighted by molar-refractivity contribution is -0.124. The number of rotatable bonds is 6. The molecule has 2 aromatic rings. The number of phenols is 1. The molecule has 3 N–H and O–H groups in total. The number of amides is 1. The predicted molar refractivity (Wildman–Crippen MR) is 95.0 cm³/mol. The van der Waals surface area contributed by atoms with Gasteiger partial charge in [-0.2, -0.15) is 0 Å². The number of carbonyl (C=O) groups is 2. The van der Waals surface area contributed by atoms with Crippen molar-refractivity contribution in [1.29, 1.82) is 0 Å². The molecule has 0 aromatic heterocycles. The molecule has 0 spiro atoms. The first kappa shape index (κ1) is 18.1. The van der Waals surface area contributed by atoms with Gasteiger partial charge in [-0.3, -0.25) is 19.8 Å². The van der Waals surface area contributed by atoms with Crippen LogP contribution in [0.4, 0.5) is 0 Å². The van der Waals surface area contributed by atoms with Crippen molar-refractivity contribution >= 4 is 24.0 Å². The third kappa shape index (κ3) is 5.40. The maximum Gasteiger partial charge on any atom is 0.267 e. The number of hydrogen-bond donors (Lipinski definition) is 3. The molecule has 0 fully saturated rings. The molecule has 6 heteroatoms. The van der Waals surface area contributed by atoms with Crippen LogP contribution in [0, 0.1) is 6.92 Å². The van der Waals surface area contributed by atoms with E-state index < -0.39 is 5.91 Å². The summed E-state index contributed by atoms with van der Waals surface area (Å²) in [5, 5.41) is 18.1. The summed E-state index contributed by atoms with van der Waals surface area (Å²) in [4.78, 5) is 27.1. The van der Waals surface area contributed by atoms with E-state index in [9.17, 15) is 14.7 Å². The largest absolute Gasteiger partial charge is 0.507 e. The van der Waals surface area contributed by atoms with Crippen molar-refractivity contribution in [3.05, 3.63) is 70.8 Å². The monoisotopic (exact) mass is 338 g/mol. The van der Waals surface area contributed by atoms with E-state index in [1.165, 1.54) is 23.8 Å². The molecule has 25 heavy (non-hydrogen) atoms. The number of benzene rings is 2. The van der Waals surface area contributed by atoms with Gasteiger partial charge in [-0.15, -0.1) is 0 Å². The molecular weight excluding hydrogens is 320 g/mol. The van der Waals surface area contributed by atoms with Gasteiger partial charge >= 0.3 is 0 Å². The number of aryl methyl sites for hydroxylation is 1. The molecule has 0 unspecified atom stereocenters. The number of nitrogens with one attached hydrogen (secondary N) is 1. The molecule has 0 aliphatic carbocycles. The number of nitrogens with zero attached hydrogens (tertiary/aromatic N) is 1. The topological polar surface area (TPSA) is 99.0 Å². The summed E-state index contributed by atoms with van der Waals surface area (Å²) in [5.74, 6) is -0.675. The second-order valence-electron chi connectivity index (χ2n) is 5.39. The van der Waals surface area contributed by atoms with E-state index in [1.54, 1.807) is 42.5 Å². The Morgan fingerprint density at radius 2 is 1.88 bits per heavy atom. The van der Waals surface area contributed by atoms with Crippen LogP contribution in [0.25, 0.3) is 6.08 Å².